The highest BCUT2D eigenvalue weighted by molar-refractivity contribution is 6.16. The SMILES string of the molecule is COCc1ccccc1-n1nnnc1CCl. The summed E-state index contributed by atoms with van der Waals surface area (Å²) in [5.41, 5.74) is 1.91. The summed E-state index contributed by atoms with van der Waals surface area (Å²) in [7, 11) is 1.65. The number of hydrogen-bond donors (Lipinski definition) is 0. The van der Waals surface area contributed by atoms with Crippen LogP contribution >= 0.6 is 11.6 Å². The normalized spacial score (nSPS) is 10.6. The van der Waals surface area contributed by atoms with E-state index >= 15 is 0 Å². The molecule has 0 N–H and O–H groups in total. The number of nitrogens with zero attached hydrogens (tertiary/aromatic N) is 4. The van der Waals surface area contributed by atoms with Crippen molar-refractivity contribution >= 4 is 11.6 Å². The average molecular weight is 239 g/mol. The lowest BCUT2D eigenvalue weighted by Gasteiger charge is -2.08. The third-order valence-electron chi connectivity index (χ3n) is 2.17. The van der Waals surface area contributed by atoms with E-state index in [0.717, 1.165) is 11.3 Å². The van der Waals surface area contributed by atoms with Gasteiger partial charge in [-0.15, -0.1) is 16.7 Å². The molecule has 0 aliphatic heterocycles. The van der Waals surface area contributed by atoms with Crippen molar-refractivity contribution in [1.82, 2.24) is 20.2 Å². The van der Waals surface area contributed by atoms with E-state index in [1.165, 1.54) is 0 Å². The maximum Gasteiger partial charge on any atom is 0.171 e. The third-order valence-corrected chi connectivity index (χ3v) is 2.41. The second kappa shape index (κ2) is 5.05. The van der Waals surface area contributed by atoms with Crippen LogP contribution in [0.15, 0.2) is 24.3 Å². The minimum Gasteiger partial charge on any atom is -0.380 e. The van der Waals surface area contributed by atoms with E-state index in [1.54, 1.807) is 11.8 Å². The van der Waals surface area contributed by atoms with Crippen LogP contribution in [0, 0.1) is 0 Å². The maximum atomic E-state index is 5.76. The van der Waals surface area contributed by atoms with Gasteiger partial charge in [-0.2, -0.15) is 4.68 Å². The fourth-order valence-corrected chi connectivity index (χ4v) is 1.64. The molecule has 2 rings (SSSR count). The first kappa shape index (κ1) is 11.0. The molecule has 1 aromatic heterocycles. The number of para-hydroxylation sites is 1. The molecule has 0 fully saturated rings. The van der Waals surface area contributed by atoms with Crippen LogP contribution in [0.3, 0.4) is 0 Å². The first-order chi connectivity index (χ1) is 7.86. The second-order valence-electron chi connectivity index (χ2n) is 3.20. The first-order valence-corrected chi connectivity index (χ1v) is 5.30. The predicted molar refractivity (Wildman–Crippen MR) is 59.4 cm³/mol. The topological polar surface area (TPSA) is 52.8 Å². The van der Waals surface area contributed by atoms with Crippen LogP contribution in [0.5, 0.6) is 0 Å². The van der Waals surface area contributed by atoms with Crippen LogP contribution in [0.25, 0.3) is 5.69 Å². The molecule has 0 saturated heterocycles. The van der Waals surface area contributed by atoms with Gasteiger partial charge >= 0.3 is 0 Å². The molecule has 1 aromatic carbocycles. The van der Waals surface area contributed by atoms with Gasteiger partial charge in [0.1, 0.15) is 0 Å². The fraction of sp³-hybridized carbons (Fsp3) is 0.300. The highest BCUT2D eigenvalue weighted by Gasteiger charge is 2.10. The molecule has 0 radical (unpaired) electrons. The number of tetrazole rings is 1. The Morgan fingerprint density at radius 2 is 2.19 bits per heavy atom. The summed E-state index contributed by atoms with van der Waals surface area (Å²) in [4.78, 5) is 0. The van der Waals surface area contributed by atoms with Crippen molar-refractivity contribution in [3.63, 3.8) is 0 Å². The van der Waals surface area contributed by atoms with Crippen molar-refractivity contribution in [2.75, 3.05) is 7.11 Å². The molecule has 84 valence electrons. The molecule has 2 aromatic rings. The molecule has 0 bridgehead atoms. The molecule has 0 saturated carbocycles. The van der Waals surface area contributed by atoms with Crippen LogP contribution < -0.4 is 0 Å². The quantitative estimate of drug-likeness (QED) is 0.759. The lowest BCUT2D eigenvalue weighted by atomic mass is 10.2. The van der Waals surface area contributed by atoms with Crippen LogP contribution in [-0.4, -0.2) is 27.3 Å². The Labute approximate surface area is 98.0 Å². The van der Waals surface area contributed by atoms with Gasteiger partial charge in [0.2, 0.25) is 0 Å². The van der Waals surface area contributed by atoms with Gasteiger partial charge in [0.25, 0.3) is 0 Å². The summed E-state index contributed by atoms with van der Waals surface area (Å²) in [6, 6.07) is 7.77. The summed E-state index contributed by atoms with van der Waals surface area (Å²) < 4.78 is 6.75. The van der Waals surface area contributed by atoms with Gasteiger partial charge in [-0.1, -0.05) is 18.2 Å². The fourth-order valence-electron chi connectivity index (χ4n) is 1.47. The van der Waals surface area contributed by atoms with Crippen molar-refractivity contribution < 1.29 is 4.74 Å². The molecule has 5 nitrogen and oxygen atoms in total. The molecule has 0 spiro atoms. The summed E-state index contributed by atoms with van der Waals surface area (Å²) in [6.45, 7) is 0.512. The number of alkyl halides is 1. The van der Waals surface area contributed by atoms with Crippen LogP contribution in [0.1, 0.15) is 11.4 Å². The molecule has 1 heterocycles. The van der Waals surface area contributed by atoms with Crippen LogP contribution in [-0.2, 0) is 17.2 Å². The predicted octanol–water partition coefficient (Wildman–Crippen LogP) is 1.55. The molecule has 6 heteroatoms. The molecule has 0 atom stereocenters. The Kier molecular flexibility index (Phi) is 3.48. The van der Waals surface area contributed by atoms with E-state index in [-0.39, 0.29) is 5.88 Å². The van der Waals surface area contributed by atoms with E-state index in [0.29, 0.717) is 12.4 Å². The Hall–Kier alpha value is -1.46. The first-order valence-electron chi connectivity index (χ1n) is 4.77. The van der Waals surface area contributed by atoms with E-state index in [2.05, 4.69) is 15.5 Å². The highest BCUT2D eigenvalue weighted by Crippen LogP contribution is 2.15. The number of rotatable bonds is 4. The molecule has 0 aliphatic carbocycles. The van der Waals surface area contributed by atoms with Crippen molar-refractivity contribution in [1.29, 1.82) is 0 Å². The Balaban J connectivity index is 2.46. The van der Waals surface area contributed by atoms with Gasteiger partial charge in [-0.25, -0.2) is 0 Å². The van der Waals surface area contributed by atoms with E-state index < -0.39 is 0 Å². The molecular weight excluding hydrogens is 228 g/mol. The second-order valence-corrected chi connectivity index (χ2v) is 3.47. The van der Waals surface area contributed by atoms with Gasteiger partial charge < -0.3 is 4.74 Å². The van der Waals surface area contributed by atoms with Crippen LogP contribution in [0.4, 0.5) is 0 Å². The minimum atomic E-state index is 0.272. The Bertz CT molecular complexity index is 471. The lowest BCUT2D eigenvalue weighted by Crippen LogP contribution is -2.05. The molecule has 16 heavy (non-hydrogen) atoms. The average Bonchev–Trinajstić information content (AvgIpc) is 2.78. The lowest BCUT2D eigenvalue weighted by molar-refractivity contribution is 0.184. The van der Waals surface area contributed by atoms with Gasteiger partial charge in [0, 0.05) is 12.7 Å². The number of hydrogen-bond acceptors (Lipinski definition) is 4. The molecular formula is C10H11ClN4O. The molecule has 0 amide bonds. The van der Waals surface area contributed by atoms with Gasteiger partial charge in [-0.05, 0) is 16.5 Å². The van der Waals surface area contributed by atoms with E-state index in [4.69, 9.17) is 16.3 Å². The highest BCUT2D eigenvalue weighted by atomic mass is 35.5. The molecule has 0 unspecified atom stereocenters. The monoisotopic (exact) mass is 238 g/mol. The van der Waals surface area contributed by atoms with Crippen molar-refractivity contribution in [2.45, 2.75) is 12.5 Å². The van der Waals surface area contributed by atoms with E-state index in [9.17, 15) is 0 Å². The smallest absolute Gasteiger partial charge is 0.171 e. The van der Waals surface area contributed by atoms with Gasteiger partial charge in [0.05, 0.1) is 18.2 Å². The van der Waals surface area contributed by atoms with Gasteiger partial charge in [-0.3, -0.25) is 0 Å². The summed E-state index contributed by atoms with van der Waals surface area (Å²) >= 11 is 5.76. The Morgan fingerprint density at radius 1 is 1.38 bits per heavy atom. The number of methoxy groups -OCH3 is 1. The van der Waals surface area contributed by atoms with Crippen molar-refractivity contribution in [3.05, 3.63) is 35.7 Å². The zero-order valence-electron chi connectivity index (χ0n) is 8.80. The third kappa shape index (κ3) is 2.05. The molecule has 0 aliphatic rings. The zero-order valence-corrected chi connectivity index (χ0v) is 9.55. The number of aromatic nitrogens is 4. The number of halogens is 1. The van der Waals surface area contributed by atoms with Gasteiger partial charge in [0.15, 0.2) is 5.82 Å². The summed E-state index contributed by atoms with van der Waals surface area (Å²) in [5.74, 6) is 0.888. The van der Waals surface area contributed by atoms with Crippen molar-refractivity contribution in [3.8, 4) is 5.69 Å². The van der Waals surface area contributed by atoms with E-state index in [1.807, 2.05) is 24.3 Å². The number of benzene rings is 1. The standard InChI is InChI=1S/C10H11ClN4O/c1-16-7-8-4-2-3-5-9(8)15-10(6-11)12-13-14-15/h2-5H,6-7H2,1H3. The Morgan fingerprint density at radius 3 is 2.94 bits per heavy atom. The maximum absolute atomic E-state index is 5.76. The van der Waals surface area contributed by atoms with Crippen LogP contribution in [0.2, 0.25) is 0 Å². The number of ether oxygens (including phenoxy) is 1. The summed E-state index contributed by atoms with van der Waals surface area (Å²) in [5, 5.41) is 11.4. The zero-order chi connectivity index (χ0) is 11.4. The largest absolute Gasteiger partial charge is 0.380 e. The van der Waals surface area contributed by atoms with Crippen molar-refractivity contribution in [2.24, 2.45) is 0 Å². The summed E-state index contributed by atoms with van der Waals surface area (Å²) in [6.07, 6.45) is 0. The minimum absolute atomic E-state index is 0.272.